The van der Waals surface area contributed by atoms with Crippen molar-refractivity contribution in [3.63, 3.8) is 0 Å². The fraction of sp³-hybridized carbons (Fsp3) is 0.407. The summed E-state index contributed by atoms with van der Waals surface area (Å²) in [5.74, 6) is 0.297. The quantitative estimate of drug-likeness (QED) is 0.447. The van der Waals surface area contributed by atoms with Crippen LogP contribution in [0.3, 0.4) is 0 Å². The molecule has 5 nitrogen and oxygen atoms in total. The van der Waals surface area contributed by atoms with E-state index in [1.54, 1.807) is 6.20 Å². The van der Waals surface area contributed by atoms with Crippen LogP contribution in [0.15, 0.2) is 53.7 Å². The second-order valence-electron chi connectivity index (χ2n) is 9.66. The van der Waals surface area contributed by atoms with Gasteiger partial charge in [-0.15, -0.1) is 0 Å². The first-order valence-electron chi connectivity index (χ1n) is 11.9. The summed E-state index contributed by atoms with van der Waals surface area (Å²) in [5, 5.41) is 0.821. The van der Waals surface area contributed by atoms with Crippen LogP contribution < -0.4 is 10.6 Å². The van der Waals surface area contributed by atoms with Crippen molar-refractivity contribution in [2.24, 2.45) is 10.7 Å². The summed E-state index contributed by atoms with van der Waals surface area (Å²) >= 11 is 0. The van der Waals surface area contributed by atoms with Gasteiger partial charge in [0.25, 0.3) is 0 Å². The molecule has 2 heterocycles. The summed E-state index contributed by atoms with van der Waals surface area (Å²) in [6, 6.07) is 14.2. The molecule has 172 valence electrons. The second kappa shape index (κ2) is 8.41. The predicted molar refractivity (Wildman–Crippen MR) is 134 cm³/mol. The highest BCUT2D eigenvalue weighted by Crippen LogP contribution is 2.51. The maximum absolute atomic E-state index is 14.3. The van der Waals surface area contributed by atoms with Crippen molar-refractivity contribution in [3.05, 3.63) is 65.6 Å². The van der Waals surface area contributed by atoms with Gasteiger partial charge in [0.05, 0.1) is 11.1 Å². The molecule has 1 aromatic heterocycles. The van der Waals surface area contributed by atoms with Crippen LogP contribution in [0, 0.1) is 12.7 Å². The Morgan fingerprint density at radius 2 is 1.85 bits per heavy atom. The molecule has 0 unspecified atom stereocenters. The number of pyridine rings is 1. The van der Waals surface area contributed by atoms with E-state index in [2.05, 4.69) is 53.8 Å². The number of nitrogens with two attached hydrogens (primary N) is 1. The van der Waals surface area contributed by atoms with Crippen LogP contribution in [-0.4, -0.2) is 47.9 Å². The summed E-state index contributed by atoms with van der Waals surface area (Å²) < 4.78 is 14.3. The summed E-state index contributed by atoms with van der Waals surface area (Å²) in [5.41, 5.74) is 10.9. The SMILES string of the molecule is Cc1ccc(N2CCN(C(C)C)CC2)cc1N=C(N)C1(c2ccc(F)c3ncccc23)CC1. The molecule has 0 amide bonds. The van der Waals surface area contributed by atoms with Gasteiger partial charge in [-0.25, -0.2) is 9.38 Å². The molecule has 0 bridgehead atoms. The standard InChI is InChI=1S/C27H32FN5/c1-18(2)32-13-15-33(16-14-32)20-7-6-19(3)24(17-20)31-26(29)27(10-11-27)22-8-9-23(28)25-21(22)5-4-12-30-25/h4-9,12,17-18H,10-11,13-16H2,1-3H3,(H2,29,31). The molecule has 5 rings (SSSR count). The number of anilines is 1. The van der Waals surface area contributed by atoms with Crippen molar-refractivity contribution in [1.29, 1.82) is 0 Å². The third kappa shape index (κ3) is 3.97. The molecule has 33 heavy (non-hydrogen) atoms. The zero-order chi connectivity index (χ0) is 23.2. The van der Waals surface area contributed by atoms with Gasteiger partial charge in [0.2, 0.25) is 0 Å². The summed E-state index contributed by atoms with van der Waals surface area (Å²) in [6.07, 6.45) is 3.45. The van der Waals surface area contributed by atoms with Crippen LogP contribution in [0.1, 0.15) is 37.8 Å². The Kier molecular flexibility index (Phi) is 5.57. The van der Waals surface area contributed by atoms with Gasteiger partial charge in [0.1, 0.15) is 17.2 Å². The smallest absolute Gasteiger partial charge is 0.149 e. The molecule has 2 N–H and O–H groups in total. The minimum absolute atomic E-state index is 0.304. The number of aliphatic imine (C=N–C) groups is 1. The number of rotatable bonds is 5. The lowest BCUT2D eigenvalue weighted by Gasteiger charge is -2.38. The number of halogens is 1. The Morgan fingerprint density at radius 1 is 1.09 bits per heavy atom. The fourth-order valence-corrected chi connectivity index (χ4v) is 4.99. The Bertz CT molecular complexity index is 1210. The summed E-state index contributed by atoms with van der Waals surface area (Å²) in [4.78, 5) is 14.1. The molecule has 1 saturated heterocycles. The molecule has 3 aromatic rings. The van der Waals surface area contributed by atoms with E-state index >= 15 is 0 Å². The van der Waals surface area contributed by atoms with Crippen molar-refractivity contribution in [2.75, 3.05) is 31.1 Å². The van der Waals surface area contributed by atoms with E-state index in [9.17, 15) is 4.39 Å². The Morgan fingerprint density at radius 3 is 2.55 bits per heavy atom. The van der Waals surface area contributed by atoms with E-state index in [1.807, 2.05) is 18.2 Å². The van der Waals surface area contributed by atoms with Crippen LogP contribution >= 0.6 is 0 Å². The summed E-state index contributed by atoms with van der Waals surface area (Å²) in [7, 11) is 0. The zero-order valence-electron chi connectivity index (χ0n) is 19.7. The summed E-state index contributed by atoms with van der Waals surface area (Å²) in [6.45, 7) is 10.7. The molecule has 0 atom stereocenters. The number of nitrogens with zero attached hydrogens (tertiary/aromatic N) is 4. The van der Waals surface area contributed by atoms with E-state index in [0.717, 1.165) is 61.2 Å². The van der Waals surface area contributed by atoms with Gasteiger partial charge in [-0.2, -0.15) is 0 Å². The first-order valence-corrected chi connectivity index (χ1v) is 11.9. The molecule has 2 fully saturated rings. The highest BCUT2D eigenvalue weighted by atomic mass is 19.1. The average Bonchev–Trinajstić information content (AvgIpc) is 3.63. The van der Waals surface area contributed by atoms with E-state index in [1.165, 1.54) is 11.8 Å². The topological polar surface area (TPSA) is 57.8 Å². The van der Waals surface area contributed by atoms with E-state index in [4.69, 9.17) is 10.7 Å². The third-order valence-electron chi connectivity index (χ3n) is 7.32. The number of aromatic nitrogens is 1. The molecule has 0 spiro atoms. The Hall–Kier alpha value is -2.99. The van der Waals surface area contributed by atoms with Crippen molar-refractivity contribution < 1.29 is 4.39 Å². The highest BCUT2D eigenvalue weighted by Gasteiger charge is 2.49. The van der Waals surface area contributed by atoms with Gasteiger partial charge in [0, 0.05) is 49.5 Å². The van der Waals surface area contributed by atoms with E-state index in [0.29, 0.717) is 17.4 Å². The average molecular weight is 446 g/mol. The van der Waals surface area contributed by atoms with Crippen molar-refractivity contribution in [2.45, 2.75) is 45.1 Å². The van der Waals surface area contributed by atoms with Gasteiger partial charge in [-0.3, -0.25) is 9.88 Å². The maximum Gasteiger partial charge on any atom is 0.149 e. The number of amidine groups is 1. The van der Waals surface area contributed by atoms with Crippen LogP contribution in [0.25, 0.3) is 10.9 Å². The number of hydrogen-bond donors (Lipinski definition) is 1. The van der Waals surface area contributed by atoms with Gasteiger partial charge >= 0.3 is 0 Å². The minimum atomic E-state index is -0.347. The molecular weight excluding hydrogens is 413 g/mol. The molecule has 1 aliphatic carbocycles. The third-order valence-corrected chi connectivity index (χ3v) is 7.32. The second-order valence-corrected chi connectivity index (χ2v) is 9.66. The van der Waals surface area contributed by atoms with Crippen LogP contribution in [0.4, 0.5) is 15.8 Å². The predicted octanol–water partition coefficient (Wildman–Crippen LogP) is 4.93. The number of hydrogen-bond acceptors (Lipinski definition) is 4. The van der Waals surface area contributed by atoms with E-state index in [-0.39, 0.29) is 11.2 Å². The van der Waals surface area contributed by atoms with Gasteiger partial charge in [-0.1, -0.05) is 18.2 Å². The molecule has 2 aromatic carbocycles. The number of benzene rings is 2. The highest BCUT2D eigenvalue weighted by molar-refractivity contribution is 6.00. The van der Waals surface area contributed by atoms with Crippen molar-refractivity contribution >= 4 is 28.1 Å². The Labute approximate surface area is 195 Å². The molecule has 6 heteroatoms. The zero-order valence-corrected chi connectivity index (χ0v) is 19.7. The Balaban J connectivity index is 1.45. The largest absolute Gasteiger partial charge is 0.386 e. The number of aryl methyl sites for hydroxylation is 1. The monoisotopic (exact) mass is 445 g/mol. The molecule has 1 saturated carbocycles. The fourth-order valence-electron chi connectivity index (χ4n) is 4.99. The lowest BCUT2D eigenvalue weighted by molar-refractivity contribution is 0.209. The normalized spacial score (nSPS) is 18.8. The molecule has 2 aliphatic rings. The van der Waals surface area contributed by atoms with Crippen LogP contribution in [0.5, 0.6) is 0 Å². The van der Waals surface area contributed by atoms with Crippen molar-refractivity contribution in [1.82, 2.24) is 9.88 Å². The number of piperazine rings is 1. The molecular formula is C27H32FN5. The van der Waals surface area contributed by atoms with Crippen molar-refractivity contribution in [3.8, 4) is 0 Å². The van der Waals surface area contributed by atoms with Gasteiger partial charge in [0.15, 0.2) is 0 Å². The van der Waals surface area contributed by atoms with Crippen LogP contribution in [-0.2, 0) is 5.41 Å². The molecule has 1 aliphatic heterocycles. The maximum atomic E-state index is 14.3. The van der Waals surface area contributed by atoms with Gasteiger partial charge < -0.3 is 10.6 Å². The number of fused-ring (bicyclic) bond motifs is 1. The lowest BCUT2D eigenvalue weighted by atomic mass is 9.91. The minimum Gasteiger partial charge on any atom is -0.386 e. The van der Waals surface area contributed by atoms with Gasteiger partial charge in [-0.05, 0) is 69.0 Å². The molecule has 0 radical (unpaired) electrons. The first-order chi connectivity index (χ1) is 15.9. The van der Waals surface area contributed by atoms with Crippen LogP contribution in [0.2, 0.25) is 0 Å². The lowest BCUT2D eigenvalue weighted by Crippen LogP contribution is -2.48. The van der Waals surface area contributed by atoms with E-state index < -0.39 is 0 Å². The first kappa shape index (κ1) is 21.8.